The zero-order valence-corrected chi connectivity index (χ0v) is 13.4. The summed E-state index contributed by atoms with van der Waals surface area (Å²) < 4.78 is 26.8. The molecule has 1 fully saturated rings. The largest absolute Gasteiger partial charge is 0.481 e. The second-order valence-electron chi connectivity index (χ2n) is 5.30. The average Bonchev–Trinajstić information content (AvgIpc) is 2.68. The number of piperidine rings is 1. The van der Waals surface area contributed by atoms with Crippen molar-refractivity contribution in [3.05, 3.63) is 15.8 Å². The summed E-state index contributed by atoms with van der Waals surface area (Å²) in [5, 5.41) is 9.04. The van der Waals surface area contributed by atoms with E-state index >= 15 is 0 Å². The number of thiophene rings is 1. The fraction of sp³-hybridized carbons (Fsp3) is 0.615. The molecule has 0 aromatic carbocycles. The minimum atomic E-state index is -3.52. The number of aryl methyl sites for hydroxylation is 2. The quantitative estimate of drug-likeness (QED) is 0.927. The van der Waals surface area contributed by atoms with Crippen molar-refractivity contribution < 1.29 is 18.3 Å². The van der Waals surface area contributed by atoms with Crippen LogP contribution in [0.3, 0.4) is 0 Å². The summed E-state index contributed by atoms with van der Waals surface area (Å²) in [6.45, 7) is 5.74. The van der Waals surface area contributed by atoms with E-state index < -0.39 is 21.9 Å². The summed E-state index contributed by atoms with van der Waals surface area (Å²) in [7, 11) is -3.52. The molecule has 7 heteroatoms. The number of carboxylic acid groups (broad SMARTS) is 1. The van der Waals surface area contributed by atoms with Gasteiger partial charge in [0.25, 0.3) is 0 Å². The van der Waals surface area contributed by atoms with Crippen LogP contribution in [0.1, 0.15) is 29.5 Å². The fourth-order valence-electron chi connectivity index (χ4n) is 2.72. The van der Waals surface area contributed by atoms with Gasteiger partial charge in [0.05, 0.1) is 10.8 Å². The van der Waals surface area contributed by atoms with Crippen LogP contribution in [0, 0.1) is 19.8 Å². The molecule has 0 spiro atoms. The Labute approximate surface area is 123 Å². The first-order valence-corrected chi connectivity index (χ1v) is 8.81. The van der Waals surface area contributed by atoms with E-state index in [1.807, 2.05) is 6.92 Å². The van der Waals surface area contributed by atoms with Crippen LogP contribution in [0.25, 0.3) is 0 Å². The van der Waals surface area contributed by atoms with Gasteiger partial charge in [0.1, 0.15) is 0 Å². The third-order valence-electron chi connectivity index (χ3n) is 3.75. The van der Waals surface area contributed by atoms with E-state index in [4.69, 9.17) is 5.11 Å². The molecule has 0 amide bonds. The molecule has 0 saturated carbocycles. The highest BCUT2D eigenvalue weighted by molar-refractivity contribution is 7.89. The molecular formula is C13H19NO4S2. The van der Waals surface area contributed by atoms with Gasteiger partial charge in [-0.2, -0.15) is 4.31 Å². The van der Waals surface area contributed by atoms with Crippen molar-refractivity contribution in [2.45, 2.75) is 44.6 Å². The zero-order chi connectivity index (χ0) is 15.1. The summed E-state index contributed by atoms with van der Waals surface area (Å²) in [4.78, 5) is 13.1. The zero-order valence-electron chi connectivity index (χ0n) is 11.8. The third-order valence-corrected chi connectivity index (χ3v) is 6.98. The number of nitrogens with zero attached hydrogens (tertiary/aromatic N) is 1. The highest BCUT2D eigenvalue weighted by atomic mass is 32.2. The van der Waals surface area contributed by atoms with Crippen molar-refractivity contribution in [3.8, 4) is 0 Å². The maximum Gasteiger partial charge on any atom is 0.306 e. The molecule has 20 heavy (non-hydrogen) atoms. The van der Waals surface area contributed by atoms with Crippen molar-refractivity contribution in [1.29, 1.82) is 0 Å². The van der Waals surface area contributed by atoms with Crippen LogP contribution in [0.5, 0.6) is 0 Å². The molecule has 2 rings (SSSR count). The number of hydrogen-bond acceptors (Lipinski definition) is 4. The molecule has 2 unspecified atom stereocenters. The lowest BCUT2D eigenvalue weighted by Crippen LogP contribution is -2.45. The number of rotatable bonds is 3. The second kappa shape index (κ2) is 5.46. The van der Waals surface area contributed by atoms with E-state index in [1.54, 1.807) is 19.9 Å². The highest BCUT2D eigenvalue weighted by Gasteiger charge is 2.37. The molecule has 2 heterocycles. The normalized spacial score (nSPS) is 24.8. The van der Waals surface area contributed by atoms with E-state index in [-0.39, 0.29) is 12.6 Å². The summed E-state index contributed by atoms with van der Waals surface area (Å²) in [5.41, 5.74) is 0. The van der Waals surface area contributed by atoms with Gasteiger partial charge < -0.3 is 5.11 Å². The van der Waals surface area contributed by atoms with Gasteiger partial charge in [-0.3, -0.25) is 4.79 Å². The van der Waals surface area contributed by atoms with Crippen molar-refractivity contribution in [2.75, 3.05) is 6.54 Å². The van der Waals surface area contributed by atoms with E-state index in [9.17, 15) is 13.2 Å². The Morgan fingerprint density at radius 2 is 2.10 bits per heavy atom. The fourth-order valence-corrected chi connectivity index (χ4v) is 5.90. The molecule has 1 aromatic heterocycles. The Kier molecular flexibility index (Phi) is 4.22. The first kappa shape index (κ1) is 15.5. The summed E-state index contributed by atoms with van der Waals surface area (Å²) in [5.74, 6) is -1.28. The van der Waals surface area contributed by atoms with Gasteiger partial charge in [-0.1, -0.05) is 0 Å². The lowest BCUT2D eigenvalue weighted by molar-refractivity contribution is -0.143. The van der Waals surface area contributed by atoms with Gasteiger partial charge in [-0.25, -0.2) is 8.42 Å². The summed E-state index contributed by atoms with van der Waals surface area (Å²) in [6, 6.07) is 1.42. The Bertz CT molecular complexity index is 620. The third kappa shape index (κ3) is 2.75. The molecule has 112 valence electrons. The molecule has 1 aliphatic heterocycles. The SMILES string of the molecule is Cc1cc(S(=O)(=O)N2CCC(C(=O)O)CC2C)c(C)s1. The highest BCUT2D eigenvalue weighted by Crippen LogP contribution is 2.32. The maximum atomic E-state index is 12.7. The van der Waals surface area contributed by atoms with Gasteiger partial charge in [0.2, 0.25) is 10.0 Å². The Morgan fingerprint density at radius 3 is 2.55 bits per heavy atom. The van der Waals surface area contributed by atoms with Crippen LogP contribution in [-0.2, 0) is 14.8 Å². The molecule has 5 nitrogen and oxygen atoms in total. The number of carboxylic acids is 1. The smallest absolute Gasteiger partial charge is 0.306 e. The molecule has 1 N–H and O–H groups in total. The van der Waals surface area contributed by atoms with E-state index in [0.29, 0.717) is 17.7 Å². The van der Waals surface area contributed by atoms with Gasteiger partial charge >= 0.3 is 5.97 Å². The average molecular weight is 317 g/mol. The summed E-state index contributed by atoms with van der Waals surface area (Å²) >= 11 is 1.47. The molecule has 0 radical (unpaired) electrons. The minimum absolute atomic E-state index is 0.273. The molecule has 2 atom stereocenters. The molecule has 0 bridgehead atoms. The second-order valence-corrected chi connectivity index (χ2v) is 8.62. The van der Waals surface area contributed by atoms with Gasteiger partial charge in [0, 0.05) is 22.3 Å². The van der Waals surface area contributed by atoms with E-state index in [0.717, 1.165) is 9.75 Å². The lowest BCUT2D eigenvalue weighted by atomic mass is 9.93. The Balaban J connectivity index is 2.28. The van der Waals surface area contributed by atoms with E-state index in [2.05, 4.69) is 0 Å². The number of hydrogen-bond donors (Lipinski definition) is 1. The van der Waals surface area contributed by atoms with Crippen LogP contribution in [0.15, 0.2) is 11.0 Å². The predicted molar refractivity (Wildman–Crippen MR) is 77.5 cm³/mol. The van der Waals surface area contributed by atoms with Crippen LogP contribution >= 0.6 is 11.3 Å². The molecule has 0 aliphatic carbocycles. The standard InChI is InChI=1S/C13H19NO4S2/c1-8-6-11(13(15)16)4-5-14(8)20(17,18)12-7-9(2)19-10(12)3/h7-8,11H,4-6H2,1-3H3,(H,15,16). The monoisotopic (exact) mass is 317 g/mol. The predicted octanol–water partition coefficient (Wildman–Crippen LogP) is 2.24. The van der Waals surface area contributed by atoms with Crippen LogP contribution in [0.4, 0.5) is 0 Å². The first-order chi connectivity index (χ1) is 9.23. The maximum absolute atomic E-state index is 12.7. The summed E-state index contributed by atoms with van der Waals surface area (Å²) in [6.07, 6.45) is 0.748. The van der Waals surface area contributed by atoms with Crippen LogP contribution in [-0.4, -0.2) is 36.4 Å². The number of sulfonamides is 1. The molecule has 1 aromatic rings. The number of aliphatic carboxylic acids is 1. The van der Waals surface area contributed by atoms with Crippen molar-refractivity contribution in [2.24, 2.45) is 5.92 Å². The van der Waals surface area contributed by atoms with Gasteiger partial charge in [-0.05, 0) is 39.7 Å². The Morgan fingerprint density at radius 1 is 1.45 bits per heavy atom. The van der Waals surface area contributed by atoms with Gasteiger partial charge in [0.15, 0.2) is 0 Å². The van der Waals surface area contributed by atoms with Crippen molar-refractivity contribution >= 4 is 27.3 Å². The molecule has 1 saturated heterocycles. The number of carbonyl (C=O) groups is 1. The molecular weight excluding hydrogens is 298 g/mol. The van der Waals surface area contributed by atoms with E-state index in [1.165, 1.54) is 15.6 Å². The molecule has 1 aliphatic rings. The Hall–Kier alpha value is -0.920. The van der Waals surface area contributed by atoms with Crippen molar-refractivity contribution in [3.63, 3.8) is 0 Å². The minimum Gasteiger partial charge on any atom is -0.481 e. The first-order valence-electron chi connectivity index (χ1n) is 6.55. The lowest BCUT2D eigenvalue weighted by Gasteiger charge is -2.35. The van der Waals surface area contributed by atoms with Crippen LogP contribution < -0.4 is 0 Å². The van der Waals surface area contributed by atoms with Gasteiger partial charge in [-0.15, -0.1) is 11.3 Å². The topological polar surface area (TPSA) is 74.7 Å². The van der Waals surface area contributed by atoms with Crippen molar-refractivity contribution in [1.82, 2.24) is 4.31 Å². The van der Waals surface area contributed by atoms with Crippen LogP contribution in [0.2, 0.25) is 0 Å².